The number of aryl methyl sites for hydroxylation is 3. The second-order valence-electron chi connectivity index (χ2n) is 18.2. The van der Waals surface area contributed by atoms with Crippen molar-refractivity contribution < 1.29 is 14.3 Å². The molecule has 1 atom stereocenters. The minimum atomic E-state index is -0.914. The van der Waals surface area contributed by atoms with Gasteiger partial charge in [0.25, 0.3) is 0 Å². The number of hydrogen-bond acceptors (Lipinski definition) is 10. The van der Waals surface area contributed by atoms with Crippen LogP contribution < -0.4 is 9.80 Å². The minimum Gasteiger partial charge on any atom is -0.478 e. The van der Waals surface area contributed by atoms with Crippen molar-refractivity contribution in [1.29, 1.82) is 0 Å². The van der Waals surface area contributed by atoms with Crippen LogP contribution >= 0.6 is 34.5 Å². The third kappa shape index (κ3) is 8.28. The van der Waals surface area contributed by atoms with E-state index in [4.69, 9.17) is 32.6 Å². The first-order valence-electron chi connectivity index (χ1n) is 23.0. The fourth-order valence-electron chi connectivity index (χ4n) is 10.4. The molecule has 6 heterocycles. The number of allylic oxidation sites excluding steroid dienone is 1. The lowest BCUT2D eigenvalue weighted by atomic mass is 9.87. The van der Waals surface area contributed by atoms with E-state index in [1.165, 1.54) is 21.8 Å². The van der Waals surface area contributed by atoms with Crippen LogP contribution in [0.25, 0.3) is 16.1 Å². The number of carboxylic acids is 1. The Kier molecular flexibility index (Phi) is 11.6. The molecule has 3 aromatic heterocycles. The van der Waals surface area contributed by atoms with Crippen molar-refractivity contribution in [2.24, 2.45) is 10.9 Å². The highest BCUT2D eigenvalue weighted by Gasteiger charge is 2.34. The standard InChI is InChI=1S/C53H50Cl2N8O3S/c1-31-32(2)67-52-48(31)50(57-46(27-47-56-19-24-66-47)51-59-58-33(3)63(51)52)36-9-15-41(16-10-36)62-29-34(30-62)28-60-20-22-61(23-21-60)40-13-7-35(8-14-40)49-42-17-11-38(53(64)65)25-37(42)5-4-6-44(49)43-18-12-39(54)26-45(43)55/h7-19,24-26,34,46H,4-6,20-23,27-30H2,1-3H3,(H,64,65)/t46-/m0/s1. The Bertz CT molecular complexity index is 3070. The number of nitrogens with zero attached hydrogens (tertiary/aromatic N) is 8. The fraction of sp³-hybridized carbons (Fsp3) is 0.302. The monoisotopic (exact) mass is 948 g/mol. The molecule has 0 radical (unpaired) electrons. The summed E-state index contributed by atoms with van der Waals surface area (Å²) in [4.78, 5) is 30.6. The highest BCUT2D eigenvalue weighted by atomic mass is 35.5. The maximum Gasteiger partial charge on any atom is 0.335 e. The van der Waals surface area contributed by atoms with E-state index < -0.39 is 5.97 Å². The van der Waals surface area contributed by atoms with Crippen molar-refractivity contribution in [1.82, 2.24) is 24.6 Å². The molecule has 11 nitrogen and oxygen atoms in total. The zero-order valence-electron chi connectivity index (χ0n) is 37.7. The summed E-state index contributed by atoms with van der Waals surface area (Å²) in [7, 11) is 0. The number of carbonyl (C=O) groups is 1. The number of oxazole rings is 1. The van der Waals surface area contributed by atoms with Crippen LogP contribution in [-0.4, -0.2) is 87.2 Å². The highest BCUT2D eigenvalue weighted by Crippen LogP contribution is 2.44. The van der Waals surface area contributed by atoms with E-state index in [0.717, 1.165) is 132 Å². The van der Waals surface area contributed by atoms with Gasteiger partial charge in [0.05, 0.1) is 23.9 Å². The summed E-state index contributed by atoms with van der Waals surface area (Å²) in [5.74, 6) is 1.98. The first-order chi connectivity index (χ1) is 32.6. The number of rotatable bonds is 10. The Morgan fingerprint density at radius 3 is 2.28 bits per heavy atom. The molecule has 3 aliphatic heterocycles. The van der Waals surface area contributed by atoms with E-state index in [-0.39, 0.29) is 6.04 Å². The third-order valence-corrected chi connectivity index (χ3v) is 15.8. The molecule has 4 aliphatic rings. The van der Waals surface area contributed by atoms with Crippen LogP contribution in [0.4, 0.5) is 11.4 Å². The average Bonchev–Trinajstić information content (AvgIpc) is 3.99. The molecular formula is C53H50Cl2N8O3S. The van der Waals surface area contributed by atoms with Crippen molar-refractivity contribution in [3.8, 4) is 5.00 Å². The molecule has 7 aromatic rings. The van der Waals surface area contributed by atoms with Gasteiger partial charge >= 0.3 is 5.97 Å². The topological polar surface area (TPSA) is 116 Å². The Morgan fingerprint density at radius 1 is 0.836 bits per heavy atom. The predicted molar refractivity (Wildman–Crippen MR) is 268 cm³/mol. The summed E-state index contributed by atoms with van der Waals surface area (Å²) < 4.78 is 7.85. The molecule has 0 saturated carbocycles. The smallest absolute Gasteiger partial charge is 0.335 e. The maximum atomic E-state index is 11.9. The van der Waals surface area contributed by atoms with Gasteiger partial charge in [0.1, 0.15) is 23.1 Å². The summed E-state index contributed by atoms with van der Waals surface area (Å²) in [5.41, 5.74) is 13.6. The van der Waals surface area contributed by atoms with Crippen molar-refractivity contribution in [3.63, 3.8) is 0 Å². The molecule has 2 fully saturated rings. The minimum absolute atomic E-state index is 0.297. The molecule has 0 amide bonds. The molecule has 0 bridgehead atoms. The largest absolute Gasteiger partial charge is 0.478 e. The molecule has 67 heavy (non-hydrogen) atoms. The number of thiophene rings is 1. The number of aliphatic imine (C=N–C) groups is 1. The molecule has 11 rings (SSSR count). The lowest BCUT2D eigenvalue weighted by Gasteiger charge is -2.45. The Labute approximate surface area is 404 Å². The number of carboxylic acid groups (broad SMARTS) is 1. The van der Waals surface area contributed by atoms with Crippen molar-refractivity contribution in [2.45, 2.75) is 52.5 Å². The number of aromatic nitrogens is 4. The van der Waals surface area contributed by atoms with Crippen LogP contribution in [0.15, 0.2) is 107 Å². The quantitative estimate of drug-likeness (QED) is 0.143. The number of hydrogen-bond donors (Lipinski definition) is 1. The molecular weight excluding hydrogens is 900 g/mol. The molecule has 2 saturated heterocycles. The van der Waals surface area contributed by atoms with Crippen LogP contribution in [0.2, 0.25) is 10.0 Å². The van der Waals surface area contributed by atoms with Crippen LogP contribution in [-0.2, 0) is 12.8 Å². The second-order valence-corrected chi connectivity index (χ2v) is 20.2. The summed E-state index contributed by atoms with van der Waals surface area (Å²) in [6.07, 6.45) is 6.26. The van der Waals surface area contributed by atoms with Crippen LogP contribution in [0.1, 0.15) is 90.6 Å². The predicted octanol–water partition coefficient (Wildman–Crippen LogP) is 10.9. The lowest BCUT2D eigenvalue weighted by Crippen LogP contribution is -2.55. The van der Waals surface area contributed by atoms with Gasteiger partial charge in [-0.15, -0.1) is 21.5 Å². The molecule has 14 heteroatoms. The summed E-state index contributed by atoms with van der Waals surface area (Å²) in [5, 5.41) is 21.2. The van der Waals surface area contributed by atoms with E-state index in [2.05, 4.69) is 96.8 Å². The Balaban J connectivity index is 0.746. The SMILES string of the molecule is Cc1sc2c(c1C)C(c1ccc(N3CC(CN4CCN(c5ccc(C6=C(c7ccc(Cl)cc7Cl)CCCc7cc(C(=O)O)ccc76)cc5)CC4)C3)cc1)=N[C@@H](Cc1ncco1)c1nnc(C)n1-2. The van der Waals surface area contributed by atoms with Gasteiger partial charge in [-0.25, -0.2) is 9.78 Å². The normalized spacial score (nSPS) is 17.6. The zero-order chi connectivity index (χ0) is 45.9. The van der Waals surface area contributed by atoms with E-state index in [9.17, 15) is 9.90 Å². The number of piperazine rings is 1. The summed E-state index contributed by atoms with van der Waals surface area (Å²) in [6, 6.07) is 28.8. The molecule has 4 aromatic carbocycles. The molecule has 0 unspecified atom stereocenters. The van der Waals surface area contributed by atoms with Gasteiger partial charge in [-0.2, -0.15) is 0 Å². The van der Waals surface area contributed by atoms with Gasteiger partial charge in [-0.05, 0) is 128 Å². The second kappa shape index (κ2) is 17.9. The third-order valence-electron chi connectivity index (χ3n) is 14.0. The van der Waals surface area contributed by atoms with Crippen molar-refractivity contribution >= 4 is 68.7 Å². The van der Waals surface area contributed by atoms with E-state index in [1.54, 1.807) is 35.9 Å². The van der Waals surface area contributed by atoms with E-state index >= 15 is 0 Å². The molecule has 340 valence electrons. The van der Waals surface area contributed by atoms with Gasteiger partial charge in [0.2, 0.25) is 0 Å². The van der Waals surface area contributed by atoms with Crippen molar-refractivity contribution in [2.75, 3.05) is 55.6 Å². The van der Waals surface area contributed by atoms with Gasteiger partial charge in [0.15, 0.2) is 11.7 Å². The van der Waals surface area contributed by atoms with Crippen molar-refractivity contribution in [3.05, 3.63) is 174 Å². The van der Waals surface area contributed by atoms with Gasteiger partial charge in [-0.3, -0.25) is 14.5 Å². The van der Waals surface area contributed by atoms with Crippen LogP contribution in [0.5, 0.6) is 0 Å². The molecule has 0 spiro atoms. The average molecular weight is 950 g/mol. The number of fused-ring (bicyclic) bond motifs is 4. The van der Waals surface area contributed by atoms with Gasteiger partial charge in [0, 0.05) is 89.2 Å². The lowest BCUT2D eigenvalue weighted by molar-refractivity contribution is 0.0696. The summed E-state index contributed by atoms with van der Waals surface area (Å²) >= 11 is 14.9. The van der Waals surface area contributed by atoms with Crippen LogP contribution in [0.3, 0.4) is 0 Å². The van der Waals surface area contributed by atoms with Gasteiger partial charge < -0.3 is 19.3 Å². The summed E-state index contributed by atoms with van der Waals surface area (Å²) in [6.45, 7) is 13.5. The first-order valence-corrected chi connectivity index (χ1v) is 24.6. The van der Waals surface area contributed by atoms with Gasteiger partial charge in [-0.1, -0.05) is 59.6 Å². The molecule has 1 aliphatic carbocycles. The number of benzene rings is 4. The van der Waals surface area contributed by atoms with Crippen LogP contribution in [0, 0.1) is 26.7 Å². The first kappa shape index (κ1) is 43.5. The number of aromatic carboxylic acids is 1. The highest BCUT2D eigenvalue weighted by molar-refractivity contribution is 7.15. The number of halogens is 2. The Hall–Kier alpha value is -6.05. The van der Waals surface area contributed by atoms with E-state index in [1.807, 2.05) is 31.2 Å². The fourth-order valence-corrected chi connectivity index (χ4v) is 12.2. The molecule has 1 N–H and O–H groups in total. The zero-order valence-corrected chi connectivity index (χ0v) is 40.0. The van der Waals surface area contributed by atoms with E-state index in [0.29, 0.717) is 33.8 Å². The maximum absolute atomic E-state index is 11.9. The number of anilines is 2. The Morgan fingerprint density at radius 2 is 1.57 bits per heavy atom.